The van der Waals surface area contributed by atoms with Crippen molar-refractivity contribution >= 4 is 18.0 Å². The zero-order valence-electron chi connectivity index (χ0n) is 24.0. The Morgan fingerprint density at radius 3 is 2.38 bits per heavy atom. The molecule has 0 aromatic heterocycles. The number of nitrogens with two attached hydrogens (primary N) is 1. The molecule has 5 heteroatoms. The monoisotopic (exact) mass is 526 g/mol. The maximum atomic E-state index is 12.5. The summed E-state index contributed by atoms with van der Waals surface area (Å²) in [4.78, 5) is 24.1. The van der Waals surface area contributed by atoms with Gasteiger partial charge < -0.3 is 10.5 Å². The van der Waals surface area contributed by atoms with Crippen molar-refractivity contribution in [2.45, 2.75) is 91.6 Å². The van der Waals surface area contributed by atoms with Gasteiger partial charge in [-0.3, -0.25) is 9.59 Å². The molecule has 0 unspecified atom stereocenters. The lowest BCUT2D eigenvalue weighted by Crippen LogP contribution is -2.50. The number of amides is 1. The van der Waals surface area contributed by atoms with Crippen LogP contribution in [-0.4, -0.2) is 18.0 Å². The van der Waals surface area contributed by atoms with Gasteiger partial charge in [0.15, 0.2) is 0 Å². The number of hydrogen-bond donors (Lipinski definition) is 1. The number of benzene rings is 1. The molecule has 206 valence electrons. The van der Waals surface area contributed by atoms with E-state index in [4.69, 9.17) is 10.5 Å². The zero-order valence-corrected chi connectivity index (χ0v) is 24.0. The Morgan fingerprint density at radius 1 is 1.08 bits per heavy atom. The summed E-state index contributed by atoms with van der Waals surface area (Å²) in [7, 11) is 0. The highest BCUT2D eigenvalue weighted by molar-refractivity contribution is 5.98. The lowest BCUT2D eigenvalue weighted by molar-refractivity contribution is -0.148. The minimum Gasteiger partial charge on any atom is -0.462 e. The molecule has 4 aliphatic carbocycles. The third-order valence-corrected chi connectivity index (χ3v) is 10.7. The summed E-state index contributed by atoms with van der Waals surface area (Å²) in [6.07, 6.45) is 11.2. The molecular weight excluding hydrogens is 484 g/mol. The summed E-state index contributed by atoms with van der Waals surface area (Å²) in [6, 6.07) is 10.8. The SMILES string of the molecule is CC(=O)O[C@H]1CC[C@@]2(C)C(=CC[C@@H]3[C@@H]2CC[C@]2(C)C(=C(\C#N)C(N)=O)/C(=C/c4ccc(C(C)C)cc4)C[C@@H]32)C1. The van der Waals surface area contributed by atoms with E-state index in [0.717, 1.165) is 61.7 Å². The van der Waals surface area contributed by atoms with Gasteiger partial charge in [-0.25, -0.2) is 0 Å². The predicted molar refractivity (Wildman–Crippen MR) is 153 cm³/mol. The van der Waals surface area contributed by atoms with E-state index in [0.29, 0.717) is 23.7 Å². The Morgan fingerprint density at radius 2 is 1.77 bits per heavy atom. The zero-order chi connectivity index (χ0) is 28.1. The summed E-state index contributed by atoms with van der Waals surface area (Å²) in [5.41, 5.74) is 11.6. The molecule has 0 bridgehead atoms. The second-order valence-electron chi connectivity index (χ2n) is 13.1. The summed E-state index contributed by atoms with van der Waals surface area (Å²) < 4.78 is 5.61. The molecule has 0 heterocycles. The van der Waals surface area contributed by atoms with E-state index in [1.165, 1.54) is 18.1 Å². The van der Waals surface area contributed by atoms with Gasteiger partial charge in [0.2, 0.25) is 0 Å². The highest BCUT2D eigenvalue weighted by Gasteiger charge is 2.59. The summed E-state index contributed by atoms with van der Waals surface area (Å²) in [5.74, 6) is 0.994. The maximum absolute atomic E-state index is 12.5. The van der Waals surface area contributed by atoms with Crippen LogP contribution in [0.1, 0.15) is 96.6 Å². The largest absolute Gasteiger partial charge is 0.462 e. The van der Waals surface area contributed by atoms with Crippen LogP contribution < -0.4 is 5.73 Å². The van der Waals surface area contributed by atoms with Gasteiger partial charge in [-0.1, -0.05) is 69.7 Å². The number of primary amides is 1. The molecule has 6 atom stereocenters. The lowest BCUT2D eigenvalue weighted by Gasteiger charge is -2.57. The van der Waals surface area contributed by atoms with Gasteiger partial charge in [-0.05, 0) is 95.3 Å². The van der Waals surface area contributed by atoms with E-state index in [-0.39, 0.29) is 28.5 Å². The number of nitrogens with zero attached hydrogens (tertiary/aromatic N) is 1. The molecule has 4 aliphatic rings. The maximum Gasteiger partial charge on any atom is 0.302 e. The summed E-state index contributed by atoms with van der Waals surface area (Å²) in [6.45, 7) is 10.6. The minimum absolute atomic E-state index is 0.0152. The fourth-order valence-corrected chi connectivity index (χ4v) is 8.67. The van der Waals surface area contributed by atoms with Crippen LogP contribution in [0.2, 0.25) is 0 Å². The number of allylic oxidation sites excluding steroid dienone is 3. The van der Waals surface area contributed by atoms with Crippen LogP contribution in [0.25, 0.3) is 6.08 Å². The first-order valence-electron chi connectivity index (χ1n) is 14.6. The number of carbonyl (C=O) groups excluding carboxylic acids is 2. The van der Waals surface area contributed by atoms with Crippen molar-refractivity contribution in [3.63, 3.8) is 0 Å². The lowest BCUT2D eigenvalue weighted by atomic mass is 9.47. The molecule has 1 aromatic carbocycles. The topological polar surface area (TPSA) is 93.2 Å². The number of fused-ring (bicyclic) bond motifs is 5. The minimum atomic E-state index is -0.626. The molecule has 5 rings (SSSR count). The van der Waals surface area contributed by atoms with Crippen LogP contribution in [0, 0.1) is 39.9 Å². The van der Waals surface area contributed by atoms with Gasteiger partial charge in [-0.2, -0.15) is 5.26 Å². The Labute approximate surface area is 233 Å². The van der Waals surface area contributed by atoms with Gasteiger partial charge in [0.1, 0.15) is 17.7 Å². The quantitative estimate of drug-likeness (QED) is 0.198. The second-order valence-corrected chi connectivity index (χ2v) is 13.1. The molecular formula is C34H42N2O3. The standard InChI is InChI=1S/C34H42N2O3/c1-20(2)23-8-6-22(7-9-23)16-24-17-30-27-11-10-25-18-26(39-21(3)37)12-14-33(25,4)29(27)13-15-34(30,5)31(24)28(19-35)32(36)38/h6-10,16,20,26-27,29-30H,11-15,17-18H2,1-5H3,(H2,36,38)/b24-16+,31-28+/t26-,27+,29-,30-,33-,34-/m0/s1. The molecule has 3 fully saturated rings. The van der Waals surface area contributed by atoms with Gasteiger partial charge in [0.25, 0.3) is 5.91 Å². The van der Waals surface area contributed by atoms with Gasteiger partial charge in [0.05, 0.1) is 0 Å². The van der Waals surface area contributed by atoms with Crippen LogP contribution in [0.15, 0.2) is 52.6 Å². The smallest absolute Gasteiger partial charge is 0.302 e. The van der Waals surface area contributed by atoms with Crippen LogP contribution in [-0.2, 0) is 14.3 Å². The molecule has 0 saturated heterocycles. The van der Waals surface area contributed by atoms with Gasteiger partial charge in [-0.15, -0.1) is 0 Å². The number of ether oxygens (including phenoxy) is 1. The Kier molecular flexibility index (Phi) is 7.12. The molecule has 39 heavy (non-hydrogen) atoms. The Balaban J connectivity index is 1.53. The Hall–Kier alpha value is -3.13. The normalized spacial score (nSPS) is 35.8. The molecule has 0 spiro atoms. The van der Waals surface area contributed by atoms with Crippen molar-refractivity contribution in [1.82, 2.24) is 0 Å². The third kappa shape index (κ3) is 4.66. The van der Waals surface area contributed by atoms with Crippen LogP contribution in [0.4, 0.5) is 0 Å². The molecule has 1 amide bonds. The molecule has 1 aromatic rings. The number of carbonyl (C=O) groups is 2. The van der Waals surface area contributed by atoms with Gasteiger partial charge >= 0.3 is 5.97 Å². The highest BCUT2D eigenvalue weighted by Crippen LogP contribution is 2.67. The first-order valence-corrected chi connectivity index (χ1v) is 14.6. The van der Waals surface area contributed by atoms with Crippen molar-refractivity contribution in [1.29, 1.82) is 5.26 Å². The van der Waals surface area contributed by atoms with E-state index in [9.17, 15) is 14.9 Å². The van der Waals surface area contributed by atoms with E-state index < -0.39 is 5.91 Å². The predicted octanol–water partition coefficient (Wildman–Crippen LogP) is 7.00. The molecule has 3 saturated carbocycles. The van der Waals surface area contributed by atoms with Crippen LogP contribution in [0.3, 0.4) is 0 Å². The molecule has 2 N–H and O–H groups in total. The molecule has 5 nitrogen and oxygen atoms in total. The fraction of sp³-hybridized carbons (Fsp3) is 0.559. The van der Waals surface area contributed by atoms with E-state index >= 15 is 0 Å². The van der Waals surface area contributed by atoms with Crippen LogP contribution in [0.5, 0.6) is 0 Å². The third-order valence-electron chi connectivity index (χ3n) is 10.7. The van der Waals surface area contributed by atoms with Crippen LogP contribution >= 0.6 is 0 Å². The van der Waals surface area contributed by atoms with Gasteiger partial charge in [0, 0.05) is 13.3 Å². The van der Waals surface area contributed by atoms with E-state index in [2.05, 4.69) is 70.2 Å². The van der Waals surface area contributed by atoms with Crippen molar-refractivity contribution in [3.05, 3.63) is 63.8 Å². The number of nitriles is 1. The Bertz CT molecular complexity index is 1310. The summed E-state index contributed by atoms with van der Waals surface area (Å²) in [5, 5.41) is 10.1. The number of hydrogen-bond acceptors (Lipinski definition) is 4. The van der Waals surface area contributed by atoms with Crippen molar-refractivity contribution < 1.29 is 14.3 Å². The first kappa shape index (κ1) is 27.4. The van der Waals surface area contributed by atoms with Crippen molar-refractivity contribution in [2.75, 3.05) is 0 Å². The van der Waals surface area contributed by atoms with Crippen molar-refractivity contribution in [3.8, 4) is 6.07 Å². The molecule has 0 radical (unpaired) electrons. The first-order chi connectivity index (χ1) is 18.5. The highest BCUT2D eigenvalue weighted by atomic mass is 16.5. The average Bonchev–Trinajstić information content (AvgIpc) is 3.16. The van der Waals surface area contributed by atoms with E-state index in [1.54, 1.807) is 0 Å². The summed E-state index contributed by atoms with van der Waals surface area (Å²) >= 11 is 0. The fourth-order valence-electron chi connectivity index (χ4n) is 8.67. The number of rotatable bonds is 4. The van der Waals surface area contributed by atoms with Crippen molar-refractivity contribution in [2.24, 2.45) is 34.3 Å². The second kappa shape index (κ2) is 10.1. The van der Waals surface area contributed by atoms with E-state index in [1.807, 2.05) is 0 Å². The average molecular weight is 527 g/mol. The molecule has 0 aliphatic heterocycles. The number of esters is 1.